The lowest BCUT2D eigenvalue weighted by atomic mass is 10.1. The number of hydrogen-bond acceptors (Lipinski definition) is 3. The van der Waals surface area contributed by atoms with Crippen LogP contribution < -0.4 is 15.5 Å². The highest BCUT2D eigenvalue weighted by Gasteiger charge is 2.30. The zero-order valence-electron chi connectivity index (χ0n) is 16.5. The summed E-state index contributed by atoms with van der Waals surface area (Å²) in [5.74, 6) is 0.125. The molecule has 0 saturated carbocycles. The molecular formula is C22H20F4N4O. The molecule has 5 nitrogen and oxygen atoms in total. The minimum absolute atomic E-state index is 0.0265. The van der Waals surface area contributed by atoms with Gasteiger partial charge in [0, 0.05) is 29.9 Å². The molecule has 2 amide bonds. The standard InChI is InChI=1S/C22H20F4N4O/c23-18-13-17(28-21(31)27-16-6-4-5-15(12-16)22(24,25)26)11-14-7-8-19(29-20(14)18)30-9-2-1-3-10-30/h4-8,11-13H,1-3,9-10H2,(H2,27,28,31). The number of amides is 2. The van der Waals surface area contributed by atoms with Crippen LogP contribution in [0.15, 0.2) is 48.5 Å². The lowest BCUT2D eigenvalue weighted by Gasteiger charge is -2.27. The van der Waals surface area contributed by atoms with Gasteiger partial charge in [0.1, 0.15) is 11.3 Å². The number of carbonyl (C=O) groups is 1. The van der Waals surface area contributed by atoms with Gasteiger partial charge in [0.05, 0.1) is 5.56 Å². The molecule has 1 aromatic heterocycles. The molecule has 162 valence electrons. The molecule has 0 spiro atoms. The Morgan fingerprint density at radius 2 is 1.68 bits per heavy atom. The predicted octanol–water partition coefficient (Wildman–Crippen LogP) is 6.03. The van der Waals surface area contributed by atoms with Crippen molar-refractivity contribution in [3.63, 3.8) is 0 Å². The average molecular weight is 432 g/mol. The minimum Gasteiger partial charge on any atom is -0.357 e. The summed E-state index contributed by atoms with van der Waals surface area (Å²) in [5.41, 5.74) is -0.534. The molecular weight excluding hydrogens is 412 g/mol. The van der Waals surface area contributed by atoms with Crippen molar-refractivity contribution in [2.75, 3.05) is 28.6 Å². The fourth-order valence-corrected chi connectivity index (χ4v) is 3.62. The molecule has 0 unspecified atom stereocenters. The van der Waals surface area contributed by atoms with Gasteiger partial charge in [-0.05, 0) is 61.7 Å². The van der Waals surface area contributed by atoms with Gasteiger partial charge in [0.15, 0.2) is 5.82 Å². The van der Waals surface area contributed by atoms with Crippen molar-refractivity contribution < 1.29 is 22.4 Å². The molecule has 1 aliphatic rings. The molecule has 31 heavy (non-hydrogen) atoms. The first-order chi connectivity index (χ1) is 14.8. The first-order valence-corrected chi connectivity index (χ1v) is 9.90. The van der Waals surface area contributed by atoms with Crippen molar-refractivity contribution in [3.05, 3.63) is 59.9 Å². The lowest BCUT2D eigenvalue weighted by molar-refractivity contribution is -0.137. The number of alkyl halides is 3. The second-order valence-electron chi connectivity index (χ2n) is 7.40. The average Bonchev–Trinajstić information content (AvgIpc) is 2.74. The van der Waals surface area contributed by atoms with Crippen LogP contribution in [0.25, 0.3) is 10.9 Å². The van der Waals surface area contributed by atoms with E-state index in [4.69, 9.17) is 0 Å². The van der Waals surface area contributed by atoms with E-state index in [0.29, 0.717) is 11.2 Å². The maximum absolute atomic E-state index is 14.7. The van der Waals surface area contributed by atoms with Crippen LogP contribution in [-0.4, -0.2) is 24.1 Å². The zero-order valence-corrected chi connectivity index (χ0v) is 16.5. The normalized spacial score (nSPS) is 14.5. The molecule has 3 aromatic rings. The largest absolute Gasteiger partial charge is 0.416 e. The van der Waals surface area contributed by atoms with Crippen LogP contribution in [0.2, 0.25) is 0 Å². The number of benzene rings is 2. The Morgan fingerprint density at radius 1 is 0.935 bits per heavy atom. The van der Waals surface area contributed by atoms with E-state index >= 15 is 0 Å². The van der Waals surface area contributed by atoms with E-state index in [9.17, 15) is 22.4 Å². The number of nitrogens with one attached hydrogen (secondary N) is 2. The lowest BCUT2D eigenvalue weighted by Crippen LogP contribution is -2.30. The third-order valence-corrected chi connectivity index (χ3v) is 5.12. The summed E-state index contributed by atoms with van der Waals surface area (Å²) in [6.07, 6.45) is -1.19. The van der Waals surface area contributed by atoms with Crippen molar-refractivity contribution in [2.24, 2.45) is 0 Å². The Kier molecular flexibility index (Phi) is 5.67. The first-order valence-electron chi connectivity index (χ1n) is 9.90. The van der Waals surface area contributed by atoms with E-state index in [-0.39, 0.29) is 16.9 Å². The van der Waals surface area contributed by atoms with Gasteiger partial charge >= 0.3 is 12.2 Å². The number of anilines is 3. The number of halogens is 4. The maximum Gasteiger partial charge on any atom is 0.416 e. The number of urea groups is 1. The number of rotatable bonds is 3. The van der Waals surface area contributed by atoms with Crippen LogP contribution in [-0.2, 0) is 6.18 Å². The highest BCUT2D eigenvalue weighted by Crippen LogP contribution is 2.31. The molecule has 1 fully saturated rings. The van der Waals surface area contributed by atoms with Gasteiger partial charge in [0.25, 0.3) is 0 Å². The second kappa shape index (κ2) is 8.41. The fraction of sp³-hybridized carbons (Fsp3) is 0.273. The minimum atomic E-state index is -4.52. The Labute approximate surface area is 176 Å². The number of nitrogens with zero attached hydrogens (tertiary/aromatic N) is 2. The quantitative estimate of drug-likeness (QED) is 0.497. The van der Waals surface area contributed by atoms with Gasteiger partial charge in [-0.2, -0.15) is 13.2 Å². The van der Waals surface area contributed by atoms with Crippen molar-refractivity contribution >= 4 is 34.1 Å². The van der Waals surface area contributed by atoms with Gasteiger partial charge in [-0.25, -0.2) is 14.2 Å². The summed E-state index contributed by atoms with van der Waals surface area (Å²) in [4.78, 5) is 18.8. The van der Waals surface area contributed by atoms with Crippen molar-refractivity contribution in [3.8, 4) is 0 Å². The van der Waals surface area contributed by atoms with Gasteiger partial charge in [-0.15, -0.1) is 0 Å². The van der Waals surface area contributed by atoms with E-state index in [1.54, 1.807) is 12.1 Å². The Hall–Kier alpha value is -3.36. The molecule has 2 aromatic carbocycles. The van der Waals surface area contributed by atoms with E-state index in [1.807, 2.05) is 6.07 Å². The number of pyridine rings is 1. The molecule has 0 atom stereocenters. The van der Waals surface area contributed by atoms with Gasteiger partial charge in [-0.1, -0.05) is 6.07 Å². The van der Waals surface area contributed by atoms with Crippen molar-refractivity contribution in [1.29, 1.82) is 0 Å². The van der Waals surface area contributed by atoms with Crippen LogP contribution in [0, 0.1) is 5.82 Å². The Morgan fingerprint density at radius 3 is 2.42 bits per heavy atom. The van der Waals surface area contributed by atoms with E-state index in [2.05, 4.69) is 20.5 Å². The number of piperidine rings is 1. The zero-order chi connectivity index (χ0) is 22.0. The molecule has 9 heteroatoms. The summed E-state index contributed by atoms with van der Waals surface area (Å²) in [7, 11) is 0. The monoisotopic (exact) mass is 432 g/mol. The van der Waals surface area contributed by atoms with Gasteiger partial charge in [-0.3, -0.25) is 0 Å². The summed E-state index contributed by atoms with van der Waals surface area (Å²) in [5, 5.41) is 5.29. The summed E-state index contributed by atoms with van der Waals surface area (Å²) in [6.45, 7) is 1.77. The predicted molar refractivity (Wildman–Crippen MR) is 112 cm³/mol. The third-order valence-electron chi connectivity index (χ3n) is 5.12. The van der Waals surface area contributed by atoms with Crippen LogP contribution in [0.1, 0.15) is 24.8 Å². The number of fused-ring (bicyclic) bond motifs is 1. The van der Waals surface area contributed by atoms with E-state index < -0.39 is 23.6 Å². The summed E-state index contributed by atoms with van der Waals surface area (Å²) < 4.78 is 53.1. The summed E-state index contributed by atoms with van der Waals surface area (Å²) in [6, 6.07) is 9.75. The molecule has 0 bridgehead atoms. The molecule has 1 aliphatic heterocycles. The van der Waals surface area contributed by atoms with Crippen molar-refractivity contribution in [1.82, 2.24) is 4.98 Å². The highest BCUT2D eigenvalue weighted by atomic mass is 19.4. The van der Waals surface area contributed by atoms with Crippen LogP contribution in [0.3, 0.4) is 0 Å². The third kappa shape index (κ3) is 4.87. The van der Waals surface area contributed by atoms with E-state index in [0.717, 1.165) is 44.1 Å². The topological polar surface area (TPSA) is 57.3 Å². The molecule has 2 heterocycles. The van der Waals surface area contributed by atoms with Crippen LogP contribution in [0.4, 0.5) is 39.5 Å². The molecule has 1 saturated heterocycles. The second-order valence-corrected chi connectivity index (χ2v) is 7.40. The van der Waals surface area contributed by atoms with Crippen molar-refractivity contribution in [2.45, 2.75) is 25.4 Å². The highest BCUT2D eigenvalue weighted by molar-refractivity contribution is 6.01. The smallest absolute Gasteiger partial charge is 0.357 e. The SMILES string of the molecule is O=C(Nc1cccc(C(F)(F)F)c1)Nc1cc(F)c2nc(N3CCCCC3)ccc2c1. The summed E-state index contributed by atoms with van der Waals surface area (Å²) >= 11 is 0. The van der Waals surface area contributed by atoms with E-state index in [1.165, 1.54) is 18.6 Å². The maximum atomic E-state index is 14.7. The molecule has 4 rings (SSSR count). The van der Waals surface area contributed by atoms with Gasteiger partial charge in [0.2, 0.25) is 0 Å². The first kappa shape index (κ1) is 20.9. The number of aromatic nitrogens is 1. The molecule has 2 N–H and O–H groups in total. The molecule has 0 radical (unpaired) electrons. The van der Waals surface area contributed by atoms with Crippen LogP contribution in [0.5, 0.6) is 0 Å². The van der Waals surface area contributed by atoms with Gasteiger partial charge < -0.3 is 15.5 Å². The number of carbonyl (C=O) groups excluding carboxylic acids is 1. The fourth-order valence-electron chi connectivity index (χ4n) is 3.62. The number of hydrogen-bond donors (Lipinski definition) is 2. The van der Waals surface area contributed by atoms with Crippen LogP contribution >= 0.6 is 0 Å². The Bertz CT molecular complexity index is 1110. The molecule has 0 aliphatic carbocycles. The Balaban J connectivity index is 1.50.